The van der Waals surface area contributed by atoms with E-state index < -0.39 is 140 Å². The maximum absolute atomic E-state index is 14.4. The Hall–Kier alpha value is -5.74. The van der Waals surface area contributed by atoms with Gasteiger partial charge in [-0.3, -0.25) is 43.2 Å². The van der Waals surface area contributed by atoms with E-state index in [4.69, 9.17) is 5.73 Å². The van der Waals surface area contributed by atoms with Crippen LogP contribution in [-0.2, 0) is 49.6 Å². The number of nitrogens with one attached hydrogen (secondary N) is 8. The number of thioether (sulfide) groups is 1. The molecule has 3 aliphatic heterocycles. The van der Waals surface area contributed by atoms with Crippen molar-refractivity contribution >= 4 is 75.8 Å². The molecule has 0 radical (unpaired) electrons. The van der Waals surface area contributed by atoms with Crippen molar-refractivity contribution < 1.29 is 53.4 Å². The van der Waals surface area contributed by atoms with Gasteiger partial charge < -0.3 is 63.0 Å². The van der Waals surface area contributed by atoms with E-state index in [0.29, 0.717) is 27.9 Å². The second-order valence-corrected chi connectivity index (χ2v) is 16.8. The number of aliphatic hydroxyl groups is 2. The molecule has 332 valence electrons. The Labute approximate surface area is 355 Å². The highest BCUT2D eigenvalue weighted by Gasteiger charge is 2.44. The molecule has 4 heterocycles. The van der Waals surface area contributed by atoms with E-state index >= 15 is 0 Å². The van der Waals surface area contributed by atoms with Crippen molar-refractivity contribution in [3.63, 3.8) is 0 Å². The monoisotopic (exact) mass is 870 g/mol. The molecule has 5 rings (SSSR count). The van der Waals surface area contributed by atoms with Crippen molar-refractivity contribution in [3.8, 4) is 0 Å². The first-order valence-corrected chi connectivity index (χ1v) is 21.1. The van der Waals surface area contributed by atoms with Crippen LogP contribution in [0.3, 0.4) is 0 Å². The van der Waals surface area contributed by atoms with Crippen molar-refractivity contribution in [1.29, 1.82) is 0 Å². The predicted octanol–water partition coefficient (Wildman–Crippen LogP) is -3.61. The minimum atomic E-state index is -1.68. The first kappa shape index (κ1) is 46.3. The van der Waals surface area contributed by atoms with Gasteiger partial charge in [-0.25, -0.2) is 0 Å². The van der Waals surface area contributed by atoms with Gasteiger partial charge in [0.05, 0.1) is 36.7 Å². The zero-order valence-corrected chi connectivity index (χ0v) is 35.1. The lowest BCUT2D eigenvalue weighted by Crippen LogP contribution is -2.61. The fraction of sp³-hybridized carbons (Fsp3) is 0.564. The molecule has 1 unspecified atom stereocenters. The van der Waals surface area contributed by atoms with Crippen LogP contribution in [0.2, 0.25) is 0 Å². The average molecular weight is 871 g/mol. The molecule has 10 atom stereocenters. The molecule has 0 aliphatic carbocycles. The van der Waals surface area contributed by atoms with E-state index in [-0.39, 0.29) is 18.6 Å². The summed E-state index contributed by atoms with van der Waals surface area (Å²) in [6, 6.07) is -1.66. The lowest BCUT2D eigenvalue weighted by Gasteiger charge is -2.32. The number of benzene rings is 1. The van der Waals surface area contributed by atoms with Gasteiger partial charge in [0.1, 0.15) is 36.3 Å². The second kappa shape index (κ2) is 20.2. The first-order chi connectivity index (χ1) is 28.9. The van der Waals surface area contributed by atoms with Gasteiger partial charge >= 0.3 is 0 Å². The van der Waals surface area contributed by atoms with E-state index in [1.54, 1.807) is 38.1 Å². The summed E-state index contributed by atoms with van der Waals surface area (Å²) in [5.74, 6) is -9.52. The van der Waals surface area contributed by atoms with Crippen LogP contribution >= 0.6 is 11.8 Å². The zero-order chi connectivity index (χ0) is 44.7. The number of nitrogens with zero attached hydrogens (tertiary/aromatic N) is 1. The van der Waals surface area contributed by atoms with E-state index in [9.17, 15) is 53.4 Å². The van der Waals surface area contributed by atoms with Crippen LogP contribution in [0.4, 0.5) is 0 Å². The van der Waals surface area contributed by atoms with Crippen molar-refractivity contribution in [2.45, 2.75) is 107 Å². The van der Waals surface area contributed by atoms with Gasteiger partial charge in [0.25, 0.3) is 0 Å². The zero-order valence-electron chi connectivity index (χ0n) is 34.2. The van der Waals surface area contributed by atoms with Crippen molar-refractivity contribution in [1.82, 2.24) is 47.1 Å². The maximum Gasteiger partial charge on any atom is 0.246 e. The number of para-hydroxylation sites is 1. The van der Waals surface area contributed by atoms with Crippen molar-refractivity contribution in [2.24, 2.45) is 17.6 Å². The molecule has 1 fully saturated rings. The highest BCUT2D eigenvalue weighted by atomic mass is 32.2. The van der Waals surface area contributed by atoms with Gasteiger partial charge in [0, 0.05) is 42.0 Å². The molecule has 3 aliphatic rings. The SMILES string of the molecule is CC[C@H](C)[C@@H]1NC(=O)CNC(=O)[C@@H]2Cc3c([nH]c4ccccc34)SC[C@H](NC(=O)CNC1=O)C(=O)N[C@@H](CC(N)=O)C(=O)N1CC(O)C[C@H]1C(=O)N[C@@H]([C@@H](C)[C@@H](C)O)C(=O)N2. The Morgan fingerprint density at radius 2 is 1.51 bits per heavy atom. The van der Waals surface area contributed by atoms with Crippen LogP contribution in [0, 0.1) is 11.8 Å². The van der Waals surface area contributed by atoms with Gasteiger partial charge in [-0.2, -0.15) is 0 Å². The standard InChI is InChI=1S/C39H54N10O11S/c1-5-17(2)31-36(58)42-13-29(53)43-26-16-61-38-22(21-8-6-7-9-23(21)46-38)11-24(33(55)41-14-30(54)47-31)44-37(59)32(18(3)19(4)50)48-35(57)27-10-20(51)15-49(27)39(60)25(12-28(40)52)45-34(26)56/h6-9,17-20,24-27,31-32,46,50-51H,5,10-16H2,1-4H3,(H2,40,52)(H,41,55)(H,42,58)(H,43,53)(H,44,59)(H,45,56)(H,47,54)(H,48,57)/t17-,18-,19+,20?,24-,25-,26-,27-,31-,32-/m0/s1. The molecule has 0 spiro atoms. The van der Waals surface area contributed by atoms with Crippen LogP contribution in [0.1, 0.15) is 52.5 Å². The van der Waals surface area contributed by atoms with Gasteiger partial charge in [-0.1, -0.05) is 45.4 Å². The molecule has 2 bridgehead atoms. The molecule has 0 saturated carbocycles. The number of H-pyrrole nitrogens is 1. The molecular weight excluding hydrogens is 817 g/mol. The summed E-state index contributed by atoms with van der Waals surface area (Å²) in [6.45, 7) is 4.70. The van der Waals surface area contributed by atoms with Crippen LogP contribution in [0.5, 0.6) is 0 Å². The lowest BCUT2D eigenvalue weighted by molar-refractivity contribution is -0.144. The van der Waals surface area contributed by atoms with Crippen LogP contribution in [-0.4, -0.2) is 147 Å². The lowest BCUT2D eigenvalue weighted by atomic mass is 9.94. The summed E-state index contributed by atoms with van der Waals surface area (Å²) >= 11 is 1.05. The molecule has 9 amide bonds. The highest BCUT2D eigenvalue weighted by Crippen LogP contribution is 2.32. The molecule has 1 saturated heterocycles. The Morgan fingerprint density at radius 1 is 0.836 bits per heavy atom. The summed E-state index contributed by atoms with van der Waals surface area (Å²) in [4.78, 5) is 128. The number of aromatic amines is 1. The third-order valence-corrected chi connectivity index (χ3v) is 12.4. The number of aliphatic hydroxyl groups excluding tert-OH is 2. The quantitative estimate of drug-likeness (QED) is 0.134. The van der Waals surface area contributed by atoms with E-state index in [0.717, 1.165) is 16.7 Å². The van der Waals surface area contributed by atoms with Crippen LogP contribution in [0.25, 0.3) is 10.9 Å². The fourth-order valence-electron chi connectivity index (χ4n) is 7.41. The number of fused-ring (bicyclic) bond motifs is 5. The van der Waals surface area contributed by atoms with Crippen LogP contribution in [0.15, 0.2) is 29.3 Å². The highest BCUT2D eigenvalue weighted by molar-refractivity contribution is 7.99. The summed E-state index contributed by atoms with van der Waals surface area (Å²) in [5.41, 5.74) is 6.61. The number of carbonyl (C=O) groups is 9. The molecule has 12 N–H and O–H groups in total. The largest absolute Gasteiger partial charge is 0.393 e. The Bertz CT molecular complexity index is 2040. The third-order valence-electron chi connectivity index (χ3n) is 11.3. The number of hydrogen-bond acceptors (Lipinski definition) is 12. The van der Waals surface area contributed by atoms with Gasteiger partial charge in [0.2, 0.25) is 53.2 Å². The Balaban J connectivity index is 1.68. The molecule has 2 aromatic rings. The molecular formula is C39H54N10O11S. The third kappa shape index (κ3) is 11.4. The Morgan fingerprint density at radius 3 is 2.18 bits per heavy atom. The van der Waals surface area contributed by atoms with E-state index in [1.807, 2.05) is 0 Å². The smallest absolute Gasteiger partial charge is 0.246 e. The number of nitrogens with two attached hydrogens (primary N) is 1. The summed E-state index contributed by atoms with van der Waals surface area (Å²) < 4.78 is 0. The summed E-state index contributed by atoms with van der Waals surface area (Å²) in [7, 11) is 0. The average Bonchev–Trinajstić information content (AvgIpc) is 3.78. The topological polar surface area (TPSA) is 323 Å². The second-order valence-electron chi connectivity index (χ2n) is 15.8. The Kier molecular flexibility index (Phi) is 15.4. The number of amides is 9. The minimum Gasteiger partial charge on any atom is -0.393 e. The molecule has 1 aromatic carbocycles. The van der Waals surface area contributed by atoms with Crippen molar-refractivity contribution in [3.05, 3.63) is 29.8 Å². The van der Waals surface area contributed by atoms with Gasteiger partial charge in [0.15, 0.2) is 0 Å². The van der Waals surface area contributed by atoms with Crippen LogP contribution < -0.4 is 43.0 Å². The number of carbonyl (C=O) groups excluding carboxylic acids is 9. The summed E-state index contributed by atoms with van der Waals surface area (Å²) in [6.07, 6.45) is -3.26. The van der Waals surface area contributed by atoms with Gasteiger partial charge in [-0.05, 0) is 24.5 Å². The number of hydrogen-bond donors (Lipinski definition) is 11. The molecule has 61 heavy (non-hydrogen) atoms. The first-order valence-electron chi connectivity index (χ1n) is 20.1. The number of primary amides is 1. The minimum absolute atomic E-state index is 0.214. The number of rotatable bonds is 6. The predicted molar refractivity (Wildman–Crippen MR) is 219 cm³/mol. The molecule has 21 nitrogen and oxygen atoms in total. The summed E-state index contributed by atoms with van der Waals surface area (Å²) in [5, 5.41) is 40.3. The maximum atomic E-state index is 14.4. The normalized spacial score (nSPS) is 28.1. The van der Waals surface area contributed by atoms with Gasteiger partial charge in [-0.15, -0.1) is 11.8 Å². The fourth-order valence-corrected chi connectivity index (χ4v) is 8.53. The molecule has 22 heteroatoms. The van der Waals surface area contributed by atoms with E-state index in [2.05, 4.69) is 42.2 Å². The number of aromatic nitrogens is 1. The molecule has 1 aromatic heterocycles. The van der Waals surface area contributed by atoms with E-state index in [1.165, 1.54) is 13.8 Å². The van der Waals surface area contributed by atoms with Crippen molar-refractivity contribution in [2.75, 3.05) is 25.4 Å².